The molecule has 2 aromatic rings. The van der Waals surface area contributed by atoms with E-state index in [2.05, 4.69) is 5.32 Å². The molecule has 0 aliphatic heterocycles. The SMILES string of the molecule is COc1ccc(CNC(=O)[C@@H](C)Oc2ccc(C)cc2C)c(OC)c1OC. The van der Waals surface area contributed by atoms with Gasteiger partial charge in [-0.25, -0.2) is 0 Å². The number of hydrogen-bond donors (Lipinski definition) is 1. The number of hydrogen-bond acceptors (Lipinski definition) is 5. The molecule has 6 nitrogen and oxygen atoms in total. The van der Waals surface area contributed by atoms with Crippen LogP contribution in [0.15, 0.2) is 30.3 Å². The summed E-state index contributed by atoms with van der Waals surface area (Å²) < 4.78 is 21.9. The van der Waals surface area contributed by atoms with Crippen LogP contribution in [0.2, 0.25) is 0 Å². The number of benzene rings is 2. The highest BCUT2D eigenvalue weighted by Crippen LogP contribution is 2.39. The summed E-state index contributed by atoms with van der Waals surface area (Å²) in [5.74, 6) is 2.07. The second-order valence-corrected chi connectivity index (χ2v) is 6.24. The van der Waals surface area contributed by atoms with Gasteiger partial charge in [0.2, 0.25) is 5.75 Å². The lowest BCUT2D eigenvalue weighted by molar-refractivity contribution is -0.127. The van der Waals surface area contributed by atoms with E-state index in [0.717, 1.165) is 16.7 Å². The van der Waals surface area contributed by atoms with Gasteiger partial charge in [0.15, 0.2) is 17.6 Å². The fraction of sp³-hybridized carbons (Fsp3) is 0.381. The van der Waals surface area contributed by atoms with Crippen molar-refractivity contribution in [1.82, 2.24) is 5.32 Å². The van der Waals surface area contributed by atoms with Crippen molar-refractivity contribution < 1.29 is 23.7 Å². The van der Waals surface area contributed by atoms with Crippen LogP contribution in [-0.4, -0.2) is 33.3 Å². The predicted molar refractivity (Wildman–Crippen MR) is 104 cm³/mol. The van der Waals surface area contributed by atoms with Crippen LogP contribution in [0.25, 0.3) is 0 Å². The van der Waals surface area contributed by atoms with Crippen molar-refractivity contribution in [3.8, 4) is 23.0 Å². The molecule has 0 fully saturated rings. The highest BCUT2D eigenvalue weighted by Gasteiger charge is 2.19. The number of rotatable bonds is 8. The maximum Gasteiger partial charge on any atom is 0.261 e. The minimum Gasteiger partial charge on any atom is -0.493 e. The van der Waals surface area contributed by atoms with Crippen LogP contribution in [-0.2, 0) is 11.3 Å². The molecule has 27 heavy (non-hydrogen) atoms. The fourth-order valence-electron chi connectivity index (χ4n) is 2.80. The van der Waals surface area contributed by atoms with E-state index in [9.17, 15) is 4.79 Å². The third kappa shape index (κ3) is 4.84. The Kier molecular flexibility index (Phi) is 6.93. The Morgan fingerprint density at radius 1 is 0.963 bits per heavy atom. The Morgan fingerprint density at radius 3 is 2.22 bits per heavy atom. The molecule has 0 bridgehead atoms. The van der Waals surface area contributed by atoms with Gasteiger partial charge in [0.1, 0.15) is 5.75 Å². The van der Waals surface area contributed by atoms with Crippen molar-refractivity contribution in [3.63, 3.8) is 0 Å². The van der Waals surface area contributed by atoms with E-state index in [-0.39, 0.29) is 12.5 Å². The van der Waals surface area contributed by atoms with Crippen LogP contribution in [0.3, 0.4) is 0 Å². The largest absolute Gasteiger partial charge is 0.493 e. The number of ether oxygens (including phenoxy) is 4. The number of carbonyl (C=O) groups is 1. The quantitative estimate of drug-likeness (QED) is 0.768. The number of carbonyl (C=O) groups excluding carboxylic acids is 1. The molecule has 0 aromatic heterocycles. The van der Waals surface area contributed by atoms with Gasteiger partial charge in [-0.2, -0.15) is 0 Å². The van der Waals surface area contributed by atoms with Gasteiger partial charge in [-0.15, -0.1) is 0 Å². The molecule has 1 atom stereocenters. The first-order chi connectivity index (χ1) is 12.9. The van der Waals surface area contributed by atoms with Crippen LogP contribution in [0.5, 0.6) is 23.0 Å². The van der Waals surface area contributed by atoms with E-state index in [1.165, 1.54) is 0 Å². The molecule has 0 saturated heterocycles. The van der Waals surface area contributed by atoms with Gasteiger partial charge in [-0.3, -0.25) is 4.79 Å². The van der Waals surface area contributed by atoms with E-state index < -0.39 is 6.10 Å². The van der Waals surface area contributed by atoms with Gasteiger partial charge in [0, 0.05) is 12.1 Å². The third-order valence-electron chi connectivity index (χ3n) is 4.24. The highest BCUT2D eigenvalue weighted by molar-refractivity contribution is 5.80. The van der Waals surface area contributed by atoms with Crippen LogP contribution >= 0.6 is 0 Å². The van der Waals surface area contributed by atoms with E-state index in [4.69, 9.17) is 18.9 Å². The van der Waals surface area contributed by atoms with Crippen molar-refractivity contribution >= 4 is 5.91 Å². The zero-order valence-corrected chi connectivity index (χ0v) is 16.7. The van der Waals surface area contributed by atoms with E-state index >= 15 is 0 Å². The minimum absolute atomic E-state index is 0.216. The summed E-state index contributed by atoms with van der Waals surface area (Å²) in [6.45, 7) is 5.98. The molecule has 0 saturated carbocycles. The lowest BCUT2D eigenvalue weighted by Crippen LogP contribution is -2.36. The van der Waals surface area contributed by atoms with Crippen molar-refractivity contribution in [3.05, 3.63) is 47.0 Å². The van der Waals surface area contributed by atoms with Gasteiger partial charge in [0.25, 0.3) is 5.91 Å². The highest BCUT2D eigenvalue weighted by atomic mass is 16.5. The molecule has 0 heterocycles. The summed E-state index contributed by atoms with van der Waals surface area (Å²) in [6, 6.07) is 9.47. The molecule has 0 aliphatic rings. The first kappa shape index (κ1) is 20.4. The Bertz CT molecular complexity index is 803. The molecular formula is C21H27NO5. The van der Waals surface area contributed by atoms with Gasteiger partial charge in [-0.05, 0) is 44.5 Å². The Hall–Kier alpha value is -2.89. The molecule has 2 rings (SSSR count). The van der Waals surface area contributed by atoms with Crippen molar-refractivity contribution in [2.75, 3.05) is 21.3 Å². The Labute approximate surface area is 160 Å². The van der Waals surface area contributed by atoms with Crippen LogP contribution in [0.1, 0.15) is 23.6 Å². The lowest BCUT2D eigenvalue weighted by atomic mass is 10.1. The van der Waals surface area contributed by atoms with E-state index in [0.29, 0.717) is 23.0 Å². The summed E-state index contributed by atoms with van der Waals surface area (Å²) in [6.07, 6.45) is -0.627. The zero-order chi connectivity index (χ0) is 20.0. The predicted octanol–water partition coefficient (Wildman–Crippen LogP) is 3.41. The number of nitrogens with one attached hydrogen (secondary N) is 1. The average molecular weight is 373 g/mol. The van der Waals surface area contributed by atoms with Gasteiger partial charge in [0.05, 0.1) is 21.3 Å². The minimum atomic E-state index is -0.627. The maximum atomic E-state index is 12.4. The number of aryl methyl sites for hydroxylation is 2. The first-order valence-corrected chi connectivity index (χ1v) is 8.70. The van der Waals surface area contributed by atoms with Crippen molar-refractivity contribution in [2.45, 2.75) is 33.4 Å². The van der Waals surface area contributed by atoms with Gasteiger partial charge in [-0.1, -0.05) is 17.7 Å². The molecule has 0 aliphatic carbocycles. The van der Waals surface area contributed by atoms with Crippen molar-refractivity contribution in [2.24, 2.45) is 0 Å². The molecule has 6 heteroatoms. The summed E-state index contributed by atoms with van der Waals surface area (Å²) in [5.41, 5.74) is 2.93. The molecule has 0 spiro atoms. The summed E-state index contributed by atoms with van der Waals surface area (Å²) in [5, 5.41) is 2.87. The average Bonchev–Trinajstić information content (AvgIpc) is 2.66. The molecule has 1 amide bonds. The normalized spacial score (nSPS) is 11.5. The van der Waals surface area contributed by atoms with Gasteiger partial charge >= 0.3 is 0 Å². The molecule has 0 unspecified atom stereocenters. The number of amides is 1. The summed E-state index contributed by atoms with van der Waals surface area (Å²) >= 11 is 0. The second kappa shape index (κ2) is 9.16. The molecule has 1 N–H and O–H groups in total. The summed E-state index contributed by atoms with van der Waals surface area (Å²) in [4.78, 5) is 12.4. The van der Waals surface area contributed by atoms with Crippen molar-refractivity contribution in [1.29, 1.82) is 0 Å². The van der Waals surface area contributed by atoms with Crippen LogP contribution in [0.4, 0.5) is 0 Å². The topological polar surface area (TPSA) is 66.0 Å². The molecule has 146 valence electrons. The second-order valence-electron chi connectivity index (χ2n) is 6.24. The first-order valence-electron chi connectivity index (χ1n) is 8.70. The van der Waals surface area contributed by atoms with Crippen LogP contribution < -0.4 is 24.3 Å². The lowest BCUT2D eigenvalue weighted by Gasteiger charge is -2.18. The monoisotopic (exact) mass is 373 g/mol. The third-order valence-corrected chi connectivity index (χ3v) is 4.24. The Balaban J connectivity index is 2.06. The standard InChI is InChI=1S/C21H27NO5/c1-13-7-9-17(14(2)11-13)27-15(3)21(23)22-12-16-8-10-18(24-4)20(26-6)19(16)25-5/h7-11,15H,12H2,1-6H3,(H,22,23)/t15-/m1/s1. The maximum absolute atomic E-state index is 12.4. The fourth-order valence-corrected chi connectivity index (χ4v) is 2.80. The number of methoxy groups -OCH3 is 3. The molecule has 0 radical (unpaired) electrons. The van der Waals surface area contributed by atoms with E-state index in [1.54, 1.807) is 34.3 Å². The van der Waals surface area contributed by atoms with Gasteiger partial charge < -0.3 is 24.3 Å². The summed E-state index contributed by atoms with van der Waals surface area (Å²) in [7, 11) is 4.65. The Morgan fingerprint density at radius 2 is 1.63 bits per heavy atom. The molecular weight excluding hydrogens is 346 g/mol. The van der Waals surface area contributed by atoms with E-state index in [1.807, 2.05) is 38.1 Å². The van der Waals surface area contributed by atoms with Crippen LogP contribution in [0, 0.1) is 13.8 Å². The zero-order valence-electron chi connectivity index (χ0n) is 16.7. The molecule has 2 aromatic carbocycles. The smallest absolute Gasteiger partial charge is 0.261 e.